The number of halogens is 2. The second-order valence-corrected chi connectivity index (χ2v) is 8.63. The van der Waals surface area contributed by atoms with E-state index in [-0.39, 0.29) is 40.0 Å². The predicted molar refractivity (Wildman–Crippen MR) is 86.0 cm³/mol. The Morgan fingerprint density at radius 1 is 1.32 bits per heavy atom. The van der Waals surface area contributed by atoms with Crippen LogP contribution in [-0.2, 0) is 14.6 Å². The summed E-state index contributed by atoms with van der Waals surface area (Å²) in [4.78, 5) is 11.8. The van der Waals surface area contributed by atoms with Crippen molar-refractivity contribution in [1.82, 2.24) is 10.2 Å². The molecule has 2 aromatic rings. The van der Waals surface area contributed by atoms with Crippen LogP contribution in [0.3, 0.4) is 0 Å². The van der Waals surface area contributed by atoms with Crippen LogP contribution in [0.25, 0.3) is 0 Å². The average molecular weight is 389 g/mol. The first kappa shape index (κ1) is 17.8. The largest absolute Gasteiger partial charge is 0.416 e. The van der Waals surface area contributed by atoms with Crippen LogP contribution in [0.2, 0.25) is 0 Å². The van der Waals surface area contributed by atoms with Crippen LogP contribution < -0.4 is 5.32 Å². The minimum Gasteiger partial charge on any atom is -0.416 e. The summed E-state index contributed by atoms with van der Waals surface area (Å²) in [6, 6.07) is 3.04. The van der Waals surface area contributed by atoms with Crippen molar-refractivity contribution in [3.8, 4) is 0 Å². The Hall–Kier alpha value is -2.01. The number of anilines is 1. The normalized spacial score (nSPS) is 19.0. The van der Waals surface area contributed by atoms with Crippen LogP contribution in [0.4, 0.5) is 14.5 Å². The monoisotopic (exact) mass is 389 g/mol. The van der Waals surface area contributed by atoms with Crippen molar-refractivity contribution in [3.05, 3.63) is 35.7 Å². The lowest BCUT2D eigenvalue weighted by molar-refractivity contribution is -0.113. The summed E-state index contributed by atoms with van der Waals surface area (Å²) in [5.41, 5.74) is 0.131. The standard InChI is InChI=1S/C14H13F2N3O4S2/c15-10-2-1-9(5-11(10)16)17-12(20)6-24-14-19-18-13(23-14)8-3-4-25(21,22)7-8/h1-2,5,8H,3-4,6-7H2,(H,17,20)/t8-/m1/s1. The highest BCUT2D eigenvalue weighted by Gasteiger charge is 2.32. The zero-order chi connectivity index (χ0) is 18.0. The minimum absolute atomic E-state index is 0.0179. The van der Waals surface area contributed by atoms with Crippen LogP contribution in [-0.4, -0.2) is 41.8 Å². The van der Waals surface area contributed by atoms with Crippen molar-refractivity contribution in [3.63, 3.8) is 0 Å². The molecule has 1 fully saturated rings. The molecule has 0 unspecified atom stereocenters. The number of nitrogens with one attached hydrogen (secondary N) is 1. The molecular weight excluding hydrogens is 376 g/mol. The highest BCUT2D eigenvalue weighted by Crippen LogP contribution is 2.29. The molecule has 134 valence electrons. The maximum absolute atomic E-state index is 13.1. The third-order valence-corrected chi connectivity index (χ3v) is 6.12. The van der Waals surface area contributed by atoms with E-state index in [9.17, 15) is 22.0 Å². The Balaban J connectivity index is 1.53. The van der Waals surface area contributed by atoms with Gasteiger partial charge in [-0.1, -0.05) is 11.8 Å². The smallest absolute Gasteiger partial charge is 0.277 e. The van der Waals surface area contributed by atoms with Crippen LogP contribution >= 0.6 is 11.8 Å². The van der Waals surface area contributed by atoms with E-state index in [1.807, 2.05) is 0 Å². The van der Waals surface area contributed by atoms with Crippen LogP contribution in [0.5, 0.6) is 0 Å². The molecule has 1 aliphatic rings. The summed E-state index contributed by atoms with van der Waals surface area (Å²) in [7, 11) is -3.06. The minimum atomic E-state index is -3.06. The maximum Gasteiger partial charge on any atom is 0.277 e. The van der Waals surface area contributed by atoms with Gasteiger partial charge in [-0.25, -0.2) is 17.2 Å². The molecule has 1 saturated heterocycles. The van der Waals surface area contributed by atoms with Gasteiger partial charge < -0.3 is 9.73 Å². The van der Waals surface area contributed by atoms with E-state index in [1.54, 1.807) is 0 Å². The second kappa shape index (κ2) is 7.08. The van der Waals surface area contributed by atoms with Crippen LogP contribution in [0.15, 0.2) is 27.8 Å². The van der Waals surface area contributed by atoms with E-state index in [0.717, 1.165) is 23.9 Å². The number of carbonyl (C=O) groups is 1. The lowest BCUT2D eigenvalue weighted by Crippen LogP contribution is -2.14. The van der Waals surface area contributed by atoms with Gasteiger partial charge in [0.25, 0.3) is 5.22 Å². The van der Waals surface area contributed by atoms with E-state index in [1.165, 1.54) is 6.07 Å². The van der Waals surface area contributed by atoms with E-state index in [0.29, 0.717) is 6.42 Å². The fraction of sp³-hybridized carbons (Fsp3) is 0.357. The summed E-state index contributed by atoms with van der Waals surface area (Å²) < 4.78 is 54.2. The first-order valence-corrected chi connectivity index (χ1v) is 10.0. The highest BCUT2D eigenvalue weighted by molar-refractivity contribution is 7.99. The van der Waals surface area contributed by atoms with Gasteiger partial charge in [0.1, 0.15) is 0 Å². The molecule has 0 saturated carbocycles. The van der Waals surface area contributed by atoms with Crippen molar-refractivity contribution in [2.24, 2.45) is 0 Å². The number of rotatable bonds is 5. The summed E-state index contributed by atoms with van der Waals surface area (Å²) in [5.74, 6) is -2.59. The second-order valence-electron chi connectivity index (χ2n) is 5.47. The number of hydrogen-bond acceptors (Lipinski definition) is 7. The molecule has 0 bridgehead atoms. The van der Waals surface area contributed by atoms with Gasteiger partial charge in [-0.05, 0) is 18.6 Å². The molecule has 1 aromatic heterocycles. The van der Waals surface area contributed by atoms with Crippen molar-refractivity contribution < 1.29 is 26.4 Å². The Labute approximate surface area is 146 Å². The molecule has 0 aliphatic carbocycles. The summed E-state index contributed by atoms with van der Waals surface area (Å²) in [6.45, 7) is 0. The van der Waals surface area contributed by atoms with Gasteiger partial charge in [0.2, 0.25) is 11.8 Å². The van der Waals surface area contributed by atoms with Gasteiger partial charge in [0.15, 0.2) is 21.5 Å². The molecule has 1 aromatic carbocycles. The van der Waals surface area contributed by atoms with E-state index in [4.69, 9.17) is 4.42 Å². The fourth-order valence-corrected chi connectivity index (χ4v) is 4.63. The number of thioether (sulfide) groups is 1. The number of amides is 1. The van der Waals surface area contributed by atoms with Crippen molar-refractivity contribution in [2.45, 2.75) is 17.6 Å². The van der Waals surface area contributed by atoms with E-state index >= 15 is 0 Å². The number of sulfone groups is 1. The van der Waals surface area contributed by atoms with Crippen LogP contribution in [0.1, 0.15) is 18.2 Å². The fourth-order valence-electron chi connectivity index (χ4n) is 2.33. The number of nitrogens with zero attached hydrogens (tertiary/aromatic N) is 2. The van der Waals surface area contributed by atoms with Gasteiger partial charge >= 0.3 is 0 Å². The molecule has 25 heavy (non-hydrogen) atoms. The quantitative estimate of drug-likeness (QED) is 0.780. The molecule has 1 aliphatic heterocycles. The number of carbonyl (C=O) groups excluding carboxylic acids is 1. The molecule has 2 heterocycles. The Bertz CT molecular complexity index is 901. The number of hydrogen-bond donors (Lipinski definition) is 1. The SMILES string of the molecule is O=C(CSc1nnc([C@@H]2CCS(=O)(=O)C2)o1)Nc1ccc(F)c(F)c1. The zero-order valence-electron chi connectivity index (χ0n) is 12.7. The molecule has 0 radical (unpaired) electrons. The number of aromatic nitrogens is 2. The molecular formula is C14H13F2N3O4S2. The van der Waals surface area contributed by atoms with Crippen molar-refractivity contribution in [1.29, 1.82) is 0 Å². The van der Waals surface area contributed by atoms with Crippen molar-refractivity contribution in [2.75, 3.05) is 22.6 Å². The molecule has 11 heteroatoms. The average Bonchev–Trinajstić information content (AvgIpc) is 3.15. The first-order chi connectivity index (χ1) is 11.8. The zero-order valence-corrected chi connectivity index (χ0v) is 14.4. The Kier molecular flexibility index (Phi) is 5.04. The predicted octanol–water partition coefficient (Wildman–Crippen LogP) is 1.98. The lowest BCUT2D eigenvalue weighted by Gasteiger charge is -2.04. The van der Waals surface area contributed by atoms with E-state index < -0.39 is 27.4 Å². The molecule has 1 atom stereocenters. The Morgan fingerprint density at radius 3 is 2.80 bits per heavy atom. The van der Waals surface area contributed by atoms with Gasteiger partial charge in [-0.15, -0.1) is 10.2 Å². The molecule has 7 nitrogen and oxygen atoms in total. The summed E-state index contributed by atoms with van der Waals surface area (Å²) in [6.07, 6.45) is 0.436. The first-order valence-electron chi connectivity index (χ1n) is 7.24. The van der Waals surface area contributed by atoms with Gasteiger partial charge in [0, 0.05) is 11.8 Å². The molecule has 1 amide bonds. The topological polar surface area (TPSA) is 102 Å². The summed E-state index contributed by atoms with van der Waals surface area (Å²) >= 11 is 0.965. The molecule has 0 spiro atoms. The summed E-state index contributed by atoms with van der Waals surface area (Å²) in [5, 5.41) is 10.2. The highest BCUT2D eigenvalue weighted by atomic mass is 32.2. The third-order valence-electron chi connectivity index (χ3n) is 3.53. The van der Waals surface area contributed by atoms with E-state index in [2.05, 4.69) is 15.5 Å². The molecule has 3 rings (SSSR count). The van der Waals surface area contributed by atoms with Gasteiger partial charge in [0.05, 0.1) is 23.2 Å². The third kappa shape index (κ3) is 4.54. The Morgan fingerprint density at radius 2 is 2.12 bits per heavy atom. The number of benzene rings is 1. The maximum atomic E-state index is 13.1. The van der Waals surface area contributed by atoms with Gasteiger partial charge in [-0.3, -0.25) is 4.79 Å². The van der Waals surface area contributed by atoms with Crippen LogP contribution in [0, 0.1) is 11.6 Å². The molecule has 1 N–H and O–H groups in total. The van der Waals surface area contributed by atoms with Gasteiger partial charge in [-0.2, -0.15) is 0 Å². The van der Waals surface area contributed by atoms with Crippen molar-refractivity contribution >= 4 is 33.2 Å². The lowest BCUT2D eigenvalue weighted by atomic mass is 10.1.